The third-order valence-corrected chi connectivity index (χ3v) is 4.69. The summed E-state index contributed by atoms with van der Waals surface area (Å²) in [5.41, 5.74) is 1.62. The van der Waals surface area contributed by atoms with Crippen molar-refractivity contribution in [3.63, 3.8) is 0 Å². The molecule has 0 unspecified atom stereocenters. The van der Waals surface area contributed by atoms with E-state index in [1.807, 2.05) is 31.2 Å². The fraction of sp³-hybridized carbons (Fsp3) is 0.400. The second kappa shape index (κ2) is 9.87. The van der Waals surface area contributed by atoms with E-state index in [1.54, 1.807) is 19.3 Å². The van der Waals surface area contributed by atoms with Crippen LogP contribution in [0.1, 0.15) is 30.9 Å². The standard InChI is InChI=1S/C20H25FN4O.HI/c1-3-26-18-15(7-6-12-23-18)13-24-19(22-2)25-14-20(10-11-20)16-8-4-5-9-17(16)21;/h4-9,12H,3,10-11,13-14H2,1-2H3,(H2,22,24,25);1H. The van der Waals surface area contributed by atoms with E-state index < -0.39 is 0 Å². The number of halogens is 2. The number of guanidine groups is 1. The highest BCUT2D eigenvalue weighted by Crippen LogP contribution is 2.48. The van der Waals surface area contributed by atoms with Crippen LogP contribution >= 0.6 is 24.0 Å². The van der Waals surface area contributed by atoms with Gasteiger partial charge in [-0.2, -0.15) is 0 Å². The minimum absolute atomic E-state index is 0. The topological polar surface area (TPSA) is 58.5 Å². The van der Waals surface area contributed by atoms with Crippen LogP contribution in [-0.4, -0.2) is 31.1 Å². The number of aromatic nitrogens is 1. The number of pyridine rings is 1. The van der Waals surface area contributed by atoms with Crippen molar-refractivity contribution in [3.05, 3.63) is 59.5 Å². The van der Waals surface area contributed by atoms with E-state index in [0.29, 0.717) is 31.5 Å². The first-order chi connectivity index (χ1) is 12.7. The SMILES string of the molecule is CCOc1ncccc1CNC(=NC)NCC1(c2ccccc2F)CC1.I. The third-order valence-electron chi connectivity index (χ3n) is 4.69. The molecule has 0 amide bonds. The van der Waals surface area contributed by atoms with Gasteiger partial charge < -0.3 is 15.4 Å². The maximum atomic E-state index is 14.1. The third kappa shape index (κ3) is 5.31. The molecule has 0 spiro atoms. The average molecular weight is 484 g/mol. The minimum Gasteiger partial charge on any atom is -0.478 e. The quantitative estimate of drug-likeness (QED) is 0.358. The number of hydrogen-bond donors (Lipinski definition) is 2. The molecule has 27 heavy (non-hydrogen) atoms. The molecule has 2 N–H and O–H groups in total. The molecule has 0 aliphatic heterocycles. The minimum atomic E-state index is -0.133. The summed E-state index contributed by atoms with van der Waals surface area (Å²) in [5.74, 6) is 1.17. The van der Waals surface area contributed by atoms with Crippen LogP contribution in [0.5, 0.6) is 5.88 Å². The molecule has 1 saturated carbocycles. The van der Waals surface area contributed by atoms with E-state index in [1.165, 1.54) is 6.07 Å². The van der Waals surface area contributed by atoms with Crippen LogP contribution in [0, 0.1) is 5.82 Å². The Morgan fingerprint density at radius 2 is 2.00 bits per heavy atom. The first-order valence-electron chi connectivity index (χ1n) is 8.95. The molecule has 2 aromatic rings. The first-order valence-corrected chi connectivity index (χ1v) is 8.95. The summed E-state index contributed by atoms with van der Waals surface area (Å²) in [4.78, 5) is 8.52. The van der Waals surface area contributed by atoms with Gasteiger partial charge in [-0.05, 0) is 37.5 Å². The van der Waals surface area contributed by atoms with E-state index >= 15 is 0 Å². The summed E-state index contributed by atoms with van der Waals surface area (Å²) in [6.45, 7) is 3.71. The molecule has 3 rings (SSSR count). The highest BCUT2D eigenvalue weighted by Gasteiger charge is 2.45. The summed E-state index contributed by atoms with van der Waals surface area (Å²) < 4.78 is 19.7. The number of hydrogen-bond acceptors (Lipinski definition) is 3. The monoisotopic (exact) mass is 484 g/mol. The fourth-order valence-corrected chi connectivity index (χ4v) is 3.06. The van der Waals surface area contributed by atoms with Gasteiger partial charge >= 0.3 is 0 Å². The van der Waals surface area contributed by atoms with E-state index in [-0.39, 0.29) is 35.2 Å². The predicted octanol–water partition coefficient (Wildman–Crippen LogP) is 3.63. The first kappa shape index (κ1) is 21.4. The van der Waals surface area contributed by atoms with Gasteiger partial charge in [0.15, 0.2) is 5.96 Å². The molecule has 1 aromatic carbocycles. The lowest BCUT2D eigenvalue weighted by molar-refractivity contribution is 0.322. The molecule has 1 aromatic heterocycles. The molecular weight excluding hydrogens is 458 g/mol. The summed E-state index contributed by atoms with van der Waals surface area (Å²) in [6, 6.07) is 10.9. The van der Waals surface area contributed by atoms with Gasteiger partial charge in [0.05, 0.1) is 6.61 Å². The van der Waals surface area contributed by atoms with Crippen molar-refractivity contribution in [2.24, 2.45) is 4.99 Å². The van der Waals surface area contributed by atoms with Gasteiger partial charge in [0, 0.05) is 37.3 Å². The molecular formula is C20H26FIN4O. The van der Waals surface area contributed by atoms with Crippen molar-refractivity contribution >= 4 is 29.9 Å². The summed E-state index contributed by atoms with van der Waals surface area (Å²) in [5, 5.41) is 6.61. The van der Waals surface area contributed by atoms with Crippen molar-refractivity contribution in [2.75, 3.05) is 20.2 Å². The lowest BCUT2D eigenvalue weighted by atomic mass is 9.95. The predicted molar refractivity (Wildman–Crippen MR) is 116 cm³/mol. The van der Waals surface area contributed by atoms with Crippen molar-refractivity contribution < 1.29 is 9.13 Å². The Morgan fingerprint density at radius 3 is 2.67 bits per heavy atom. The van der Waals surface area contributed by atoms with Crippen LogP contribution in [0.4, 0.5) is 4.39 Å². The molecule has 1 aliphatic carbocycles. The van der Waals surface area contributed by atoms with E-state index in [0.717, 1.165) is 24.0 Å². The molecule has 5 nitrogen and oxygen atoms in total. The maximum absolute atomic E-state index is 14.1. The second-order valence-electron chi connectivity index (χ2n) is 6.44. The number of rotatable bonds is 7. The highest BCUT2D eigenvalue weighted by molar-refractivity contribution is 14.0. The molecule has 0 saturated heterocycles. The van der Waals surface area contributed by atoms with Crippen molar-refractivity contribution in [1.29, 1.82) is 0 Å². The van der Waals surface area contributed by atoms with Crippen molar-refractivity contribution in [3.8, 4) is 5.88 Å². The normalized spacial score (nSPS) is 14.9. The molecule has 1 aliphatic rings. The Balaban J connectivity index is 0.00000261. The highest BCUT2D eigenvalue weighted by atomic mass is 127. The van der Waals surface area contributed by atoms with Crippen molar-refractivity contribution in [1.82, 2.24) is 15.6 Å². The second-order valence-corrected chi connectivity index (χ2v) is 6.44. The molecule has 7 heteroatoms. The number of nitrogens with one attached hydrogen (secondary N) is 2. The van der Waals surface area contributed by atoms with Gasteiger partial charge in [0.2, 0.25) is 5.88 Å². The summed E-state index contributed by atoms with van der Waals surface area (Å²) >= 11 is 0. The summed E-state index contributed by atoms with van der Waals surface area (Å²) in [6.07, 6.45) is 3.68. The number of ether oxygens (including phenoxy) is 1. The van der Waals surface area contributed by atoms with Gasteiger partial charge in [0.25, 0.3) is 0 Å². The van der Waals surface area contributed by atoms with Gasteiger partial charge in [-0.25, -0.2) is 9.37 Å². The van der Waals surface area contributed by atoms with Crippen LogP contribution in [-0.2, 0) is 12.0 Å². The Kier molecular flexibility index (Phi) is 7.82. The van der Waals surface area contributed by atoms with Crippen LogP contribution in [0.2, 0.25) is 0 Å². The zero-order valence-corrected chi connectivity index (χ0v) is 18.0. The maximum Gasteiger partial charge on any atom is 0.218 e. The summed E-state index contributed by atoms with van der Waals surface area (Å²) in [7, 11) is 1.73. The van der Waals surface area contributed by atoms with Crippen LogP contribution in [0.15, 0.2) is 47.6 Å². The molecule has 0 radical (unpaired) electrons. The smallest absolute Gasteiger partial charge is 0.218 e. The Morgan fingerprint density at radius 1 is 1.22 bits per heavy atom. The Labute approximate surface area is 176 Å². The zero-order chi connectivity index (χ0) is 18.4. The van der Waals surface area contributed by atoms with Crippen LogP contribution < -0.4 is 15.4 Å². The van der Waals surface area contributed by atoms with E-state index in [9.17, 15) is 4.39 Å². The van der Waals surface area contributed by atoms with Gasteiger partial charge in [-0.3, -0.25) is 4.99 Å². The molecule has 0 bridgehead atoms. The van der Waals surface area contributed by atoms with Gasteiger partial charge in [0.1, 0.15) is 5.82 Å². The van der Waals surface area contributed by atoms with E-state index in [2.05, 4.69) is 20.6 Å². The lowest BCUT2D eigenvalue weighted by Crippen LogP contribution is -2.41. The zero-order valence-electron chi connectivity index (χ0n) is 15.7. The molecule has 146 valence electrons. The van der Waals surface area contributed by atoms with Crippen LogP contribution in [0.3, 0.4) is 0 Å². The average Bonchev–Trinajstić information content (AvgIpc) is 3.44. The Hall–Kier alpha value is -1.90. The van der Waals surface area contributed by atoms with Gasteiger partial charge in [-0.15, -0.1) is 24.0 Å². The largest absolute Gasteiger partial charge is 0.478 e. The molecule has 1 heterocycles. The van der Waals surface area contributed by atoms with Crippen LogP contribution in [0.25, 0.3) is 0 Å². The molecule has 0 atom stereocenters. The van der Waals surface area contributed by atoms with Crippen molar-refractivity contribution in [2.45, 2.75) is 31.7 Å². The lowest BCUT2D eigenvalue weighted by Gasteiger charge is -2.20. The number of benzene rings is 1. The number of nitrogens with zero attached hydrogens (tertiary/aromatic N) is 2. The van der Waals surface area contributed by atoms with E-state index in [4.69, 9.17) is 4.74 Å². The number of aliphatic imine (C=N–C) groups is 1. The molecule has 1 fully saturated rings. The fourth-order valence-electron chi connectivity index (χ4n) is 3.06. The van der Waals surface area contributed by atoms with Gasteiger partial charge in [-0.1, -0.05) is 24.3 Å². The Bertz CT molecular complexity index is 780.